The molecule has 1 fully saturated rings. The standard InChI is InChI=1S/C23H26FN3O2/c1-14-11-22(8-7-19(14)28-2)12-16-6-5-15(17-4-3-9-26-20(17)24)10-18(16)23(22)13-29-21(25)27-23/h3-6,9-10,14,19H,7-8,11-13H2,1-2H3,(H2,25,27)/t14-,19-,22-,23-/m0/s1. The van der Waals surface area contributed by atoms with E-state index in [1.54, 1.807) is 19.2 Å². The van der Waals surface area contributed by atoms with Crippen molar-refractivity contribution in [3.63, 3.8) is 0 Å². The van der Waals surface area contributed by atoms with Crippen LogP contribution in [-0.4, -0.2) is 30.8 Å². The number of methoxy groups -OCH3 is 1. The number of fused-ring (bicyclic) bond motifs is 3. The van der Waals surface area contributed by atoms with Crippen molar-refractivity contribution >= 4 is 6.02 Å². The van der Waals surface area contributed by atoms with Crippen LogP contribution in [-0.2, 0) is 21.4 Å². The average molecular weight is 395 g/mol. The summed E-state index contributed by atoms with van der Waals surface area (Å²) in [4.78, 5) is 8.71. The Hall–Kier alpha value is -2.47. The van der Waals surface area contributed by atoms with Crippen LogP contribution in [0.15, 0.2) is 41.5 Å². The molecule has 6 heteroatoms. The minimum Gasteiger partial charge on any atom is -0.462 e. The fraction of sp³-hybridized carbons (Fsp3) is 0.478. The molecule has 0 unspecified atom stereocenters. The maximum atomic E-state index is 14.3. The summed E-state index contributed by atoms with van der Waals surface area (Å²) < 4.78 is 25.8. The van der Waals surface area contributed by atoms with Crippen LogP contribution in [0.2, 0.25) is 0 Å². The molecule has 2 N–H and O–H groups in total. The summed E-state index contributed by atoms with van der Waals surface area (Å²) in [6.45, 7) is 2.69. The van der Waals surface area contributed by atoms with Gasteiger partial charge in [0.1, 0.15) is 12.1 Å². The zero-order chi connectivity index (χ0) is 20.2. The highest BCUT2D eigenvalue weighted by atomic mass is 19.1. The fourth-order valence-corrected chi connectivity index (χ4v) is 5.96. The number of nitrogens with two attached hydrogens (primary N) is 1. The first-order chi connectivity index (χ1) is 14.0. The molecular weight excluding hydrogens is 369 g/mol. The summed E-state index contributed by atoms with van der Waals surface area (Å²) in [6.07, 6.45) is 5.66. The molecule has 2 heterocycles. The highest BCUT2D eigenvalue weighted by molar-refractivity contribution is 5.76. The lowest BCUT2D eigenvalue weighted by Gasteiger charge is -2.47. The van der Waals surface area contributed by atoms with Gasteiger partial charge < -0.3 is 15.2 Å². The number of aliphatic imine (C=N–C) groups is 1. The van der Waals surface area contributed by atoms with Gasteiger partial charge in [-0.3, -0.25) is 0 Å². The Morgan fingerprint density at radius 2 is 2.17 bits per heavy atom. The van der Waals surface area contributed by atoms with Crippen molar-refractivity contribution in [3.05, 3.63) is 53.6 Å². The van der Waals surface area contributed by atoms with Gasteiger partial charge in [0.15, 0.2) is 0 Å². The summed E-state index contributed by atoms with van der Waals surface area (Å²) >= 11 is 0. The van der Waals surface area contributed by atoms with Crippen LogP contribution in [0.1, 0.15) is 37.3 Å². The second-order valence-corrected chi connectivity index (χ2v) is 8.76. The number of benzene rings is 1. The van der Waals surface area contributed by atoms with Gasteiger partial charge in [-0.2, -0.15) is 4.39 Å². The molecule has 1 aromatic carbocycles. The van der Waals surface area contributed by atoms with E-state index in [-0.39, 0.29) is 17.5 Å². The van der Waals surface area contributed by atoms with E-state index in [1.165, 1.54) is 11.8 Å². The van der Waals surface area contributed by atoms with Crippen molar-refractivity contribution < 1.29 is 13.9 Å². The molecule has 5 nitrogen and oxygen atoms in total. The van der Waals surface area contributed by atoms with Crippen molar-refractivity contribution in [2.75, 3.05) is 13.7 Å². The smallest absolute Gasteiger partial charge is 0.283 e. The summed E-state index contributed by atoms with van der Waals surface area (Å²) in [7, 11) is 1.79. The number of hydrogen-bond donors (Lipinski definition) is 1. The summed E-state index contributed by atoms with van der Waals surface area (Å²) in [5.41, 5.74) is 9.13. The Morgan fingerprint density at radius 3 is 2.86 bits per heavy atom. The topological polar surface area (TPSA) is 69.7 Å². The predicted molar refractivity (Wildman–Crippen MR) is 109 cm³/mol. The van der Waals surface area contributed by atoms with Crippen LogP contribution in [0.3, 0.4) is 0 Å². The number of halogens is 1. The number of ether oxygens (including phenoxy) is 2. The molecule has 0 bridgehead atoms. The minimum absolute atomic E-state index is 0.0585. The molecule has 4 atom stereocenters. The highest BCUT2D eigenvalue weighted by Gasteiger charge is 2.62. The summed E-state index contributed by atoms with van der Waals surface area (Å²) in [5.74, 6) is -0.0404. The van der Waals surface area contributed by atoms with Gasteiger partial charge in [-0.25, -0.2) is 9.98 Å². The Balaban J connectivity index is 1.63. The number of pyridine rings is 1. The average Bonchev–Trinajstić information content (AvgIpc) is 3.22. The normalized spacial score (nSPS) is 33.0. The zero-order valence-corrected chi connectivity index (χ0v) is 16.8. The first kappa shape index (κ1) is 18.6. The van der Waals surface area contributed by atoms with Crippen LogP contribution >= 0.6 is 0 Å². The van der Waals surface area contributed by atoms with Crippen molar-refractivity contribution in [1.82, 2.24) is 4.98 Å². The molecule has 2 aliphatic carbocycles. The van der Waals surface area contributed by atoms with E-state index < -0.39 is 11.5 Å². The summed E-state index contributed by atoms with van der Waals surface area (Å²) in [5, 5.41) is 0. The van der Waals surface area contributed by atoms with E-state index in [0.29, 0.717) is 18.1 Å². The number of amidine groups is 1. The lowest BCUT2D eigenvalue weighted by molar-refractivity contribution is -0.0445. The monoisotopic (exact) mass is 395 g/mol. The van der Waals surface area contributed by atoms with Crippen LogP contribution in [0, 0.1) is 17.3 Å². The van der Waals surface area contributed by atoms with Crippen molar-refractivity contribution in [3.8, 4) is 11.1 Å². The molecule has 29 heavy (non-hydrogen) atoms. The van der Waals surface area contributed by atoms with Gasteiger partial charge in [-0.05, 0) is 66.5 Å². The molecule has 2 spiro atoms. The number of aromatic nitrogens is 1. The zero-order valence-electron chi connectivity index (χ0n) is 16.8. The molecule has 152 valence electrons. The maximum absolute atomic E-state index is 14.3. The predicted octanol–water partition coefficient (Wildman–Crippen LogP) is 3.81. The minimum atomic E-state index is -0.520. The van der Waals surface area contributed by atoms with E-state index in [2.05, 4.69) is 24.0 Å². The van der Waals surface area contributed by atoms with E-state index in [9.17, 15) is 4.39 Å². The van der Waals surface area contributed by atoms with Gasteiger partial charge >= 0.3 is 0 Å². The second-order valence-electron chi connectivity index (χ2n) is 8.76. The molecule has 5 rings (SSSR count). The largest absolute Gasteiger partial charge is 0.462 e. The Bertz CT molecular complexity index is 994. The SMILES string of the molecule is CO[C@H]1CC[C@@]2(Cc3ccc(-c4cccnc4F)cc3[C@@]23COC(N)=N3)C[C@@H]1C. The van der Waals surface area contributed by atoms with Crippen LogP contribution in [0.4, 0.5) is 4.39 Å². The van der Waals surface area contributed by atoms with Gasteiger partial charge in [-0.1, -0.05) is 19.1 Å². The maximum Gasteiger partial charge on any atom is 0.283 e. The third-order valence-corrected chi connectivity index (χ3v) is 7.32. The molecule has 0 saturated heterocycles. The molecule has 0 radical (unpaired) electrons. The van der Waals surface area contributed by atoms with Gasteiger partial charge in [0.05, 0.1) is 6.10 Å². The van der Waals surface area contributed by atoms with Crippen molar-refractivity contribution in [1.29, 1.82) is 0 Å². The summed E-state index contributed by atoms with van der Waals surface area (Å²) in [6, 6.07) is 9.94. The molecule has 0 amide bonds. The Morgan fingerprint density at radius 1 is 1.31 bits per heavy atom. The van der Waals surface area contributed by atoms with E-state index in [1.807, 2.05) is 6.07 Å². The fourth-order valence-electron chi connectivity index (χ4n) is 5.96. The quantitative estimate of drug-likeness (QED) is 0.785. The lowest BCUT2D eigenvalue weighted by Crippen LogP contribution is -2.48. The van der Waals surface area contributed by atoms with Crippen LogP contribution in [0.25, 0.3) is 11.1 Å². The second kappa shape index (κ2) is 6.52. The van der Waals surface area contributed by atoms with Crippen LogP contribution < -0.4 is 5.73 Å². The van der Waals surface area contributed by atoms with Gasteiger partial charge in [0.25, 0.3) is 6.02 Å². The molecular formula is C23H26FN3O2. The van der Waals surface area contributed by atoms with E-state index >= 15 is 0 Å². The third-order valence-electron chi connectivity index (χ3n) is 7.32. The first-order valence-electron chi connectivity index (χ1n) is 10.2. The lowest BCUT2D eigenvalue weighted by atomic mass is 9.59. The van der Waals surface area contributed by atoms with Gasteiger partial charge in [0.2, 0.25) is 5.95 Å². The van der Waals surface area contributed by atoms with Crippen molar-refractivity contribution in [2.45, 2.75) is 44.2 Å². The molecule has 1 aliphatic heterocycles. The number of nitrogens with zero attached hydrogens (tertiary/aromatic N) is 2. The Kier molecular flexibility index (Phi) is 4.17. The molecule has 1 aromatic heterocycles. The van der Waals surface area contributed by atoms with Crippen LogP contribution in [0.5, 0.6) is 0 Å². The Labute approximate surface area is 170 Å². The molecule has 3 aliphatic rings. The van der Waals surface area contributed by atoms with Gasteiger partial charge in [0, 0.05) is 24.3 Å². The highest BCUT2D eigenvalue weighted by Crippen LogP contribution is 2.62. The number of hydrogen-bond acceptors (Lipinski definition) is 5. The van der Waals surface area contributed by atoms with Gasteiger partial charge in [-0.15, -0.1) is 0 Å². The molecule has 1 saturated carbocycles. The number of rotatable bonds is 2. The molecule has 2 aromatic rings. The van der Waals surface area contributed by atoms with Crippen molar-refractivity contribution in [2.24, 2.45) is 22.1 Å². The van der Waals surface area contributed by atoms with E-state index in [0.717, 1.165) is 36.8 Å². The third kappa shape index (κ3) is 2.61. The van der Waals surface area contributed by atoms with E-state index in [4.69, 9.17) is 20.2 Å². The first-order valence-corrected chi connectivity index (χ1v) is 10.2.